The minimum Gasteiger partial charge on any atom is -0.352 e. The highest BCUT2D eigenvalue weighted by Crippen LogP contribution is 2.46. The first-order valence-electron chi connectivity index (χ1n) is 8.94. The van der Waals surface area contributed by atoms with Crippen LogP contribution >= 0.6 is 0 Å². The Labute approximate surface area is 142 Å². The van der Waals surface area contributed by atoms with Crippen LogP contribution in [0.1, 0.15) is 56.9 Å². The summed E-state index contributed by atoms with van der Waals surface area (Å²) in [4.78, 5) is 25.1. The topological polar surface area (TPSA) is 58.2 Å². The van der Waals surface area contributed by atoms with Gasteiger partial charge in [0.15, 0.2) is 0 Å². The number of hydrogen-bond donors (Lipinski definition) is 2. The molecule has 2 aliphatic rings. The van der Waals surface area contributed by atoms with E-state index in [0.717, 1.165) is 25.7 Å². The molecule has 3 rings (SSSR count). The monoisotopic (exact) mass is 332 g/mol. The lowest BCUT2D eigenvalue weighted by Crippen LogP contribution is -2.46. The third-order valence-electron chi connectivity index (χ3n) is 5.21. The fourth-order valence-corrected chi connectivity index (χ4v) is 3.42. The van der Waals surface area contributed by atoms with E-state index in [9.17, 15) is 14.0 Å². The first-order valence-corrected chi connectivity index (χ1v) is 8.94. The van der Waals surface area contributed by atoms with Gasteiger partial charge in [-0.3, -0.25) is 9.59 Å². The second-order valence-corrected chi connectivity index (χ2v) is 7.02. The van der Waals surface area contributed by atoms with Gasteiger partial charge in [-0.2, -0.15) is 0 Å². The van der Waals surface area contributed by atoms with Crippen molar-refractivity contribution in [1.29, 1.82) is 0 Å². The zero-order chi connectivity index (χ0) is 17.0. The van der Waals surface area contributed by atoms with E-state index >= 15 is 0 Å². The Kier molecular flexibility index (Phi) is 5.17. The van der Waals surface area contributed by atoms with Crippen molar-refractivity contribution >= 4 is 11.8 Å². The quantitative estimate of drug-likeness (QED) is 0.643. The molecule has 1 aromatic carbocycles. The summed E-state index contributed by atoms with van der Waals surface area (Å²) in [5, 5.41) is 5.81. The third-order valence-corrected chi connectivity index (χ3v) is 5.21. The minimum absolute atomic E-state index is 0.115. The normalized spacial score (nSPS) is 20.0. The fourth-order valence-electron chi connectivity index (χ4n) is 3.42. The Morgan fingerprint density at radius 2 is 1.71 bits per heavy atom. The molecule has 5 heteroatoms. The molecule has 2 fully saturated rings. The maximum Gasteiger partial charge on any atom is 0.235 e. The van der Waals surface area contributed by atoms with Gasteiger partial charge in [0.25, 0.3) is 0 Å². The molecule has 0 spiro atoms. The molecule has 0 radical (unpaired) electrons. The van der Waals surface area contributed by atoms with E-state index in [2.05, 4.69) is 10.6 Å². The number of hydrogen-bond acceptors (Lipinski definition) is 2. The van der Waals surface area contributed by atoms with Gasteiger partial charge in [-0.15, -0.1) is 0 Å². The molecule has 24 heavy (non-hydrogen) atoms. The van der Waals surface area contributed by atoms with E-state index in [4.69, 9.17) is 0 Å². The van der Waals surface area contributed by atoms with E-state index in [1.807, 2.05) is 0 Å². The van der Waals surface area contributed by atoms with Crippen LogP contribution in [0.15, 0.2) is 24.3 Å². The van der Waals surface area contributed by atoms with Crippen molar-refractivity contribution in [2.75, 3.05) is 0 Å². The molecule has 130 valence electrons. The average Bonchev–Trinajstić information content (AvgIpc) is 3.39. The van der Waals surface area contributed by atoms with E-state index < -0.39 is 5.41 Å². The fraction of sp³-hybridized carbons (Fsp3) is 0.579. The molecule has 0 aromatic heterocycles. The number of nitrogens with one attached hydrogen (secondary N) is 2. The number of benzene rings is 1. The first-order chi connectivity index (χ1) is 11.6. The van der Waals surface area contributed by atoms with Gasteiger partial charge in [-0.25, -0.2) is 4.39 Å². The Morgan fingerprint density at radius 1 is 1.04 bits per heavy atom. The Balaban J connectivity index is 1.55. The van der Waals surface area contributed by atoms with Crippen LogP contribution in [0.5, 0.6) is 0 Å². The highest BCUT2D eigenvalue weighted by molar-refractivity contribution is 6.07. The maximum atomic E-state index is 13.6. The SMILES string of the molecule is O=C(NCc1ccccc1F)C1(C(=O)NC2CCCCCC2)CC1. The van der Waals surface area contributed by atoms with E-state index in [0.29, 0.717) is 18.4 Å². The molecule has 0 bridgehead atoms. The molecule has 2 amide bonds. The summed E-state index contributed by atoms with van der Waals surface area (Å²) in [6.07, 6.45) is 7.87. The first kappa shape index (κ1) is 16.9. The van der Waals surface area contributed by atoms with Crippen LogP contribution in [0.4, 0.5) is 4.39 Å². The number of rotatable bonds is 5. The van der Waals surface area contributed by atoms with Crippen LogP contribution in [0.2, 0.25) is 0 Å². The number of amides is 2. The number of carbonyl (C=O) groups is 2. The summed E-state index contributed by atoms with van der Waals surface area (Å²) in [5.41, 5.74) is -0.497. The number of halogens is 1. The Morgan fingerprint density at radius 3 is 2.33 bits per heavy atom. The lowest BCUT2D eigenvalue weighted by molar-refractivity contribution is -0.137. The second kappa shape index (κ2) is 7.32. The molecule has 2 N–H and O–H groups in total. The third kappa shape index (κ3) is 3.77. The lowest BCUT2D eigenvalue weighted by Gasteiger charge is -2.21. The van der Waals surface area contributed by atoms with Crippen molar-refractivity contribution in [2.24, 2.45) is 5.41 Å². The molecule has 0 atom stereocenters. The van der Waals surface area contributed by atoms with Gasteiger partial charge in [0, 0.05) is 18.2 Å². The molecule has 2 saturated carbocycles. The van der Waals surface area contributed by atoms with Gasteiger partial charge in [-0.1, -0.05) is 43.9 Å². The molecule has 4 nitrogen and oxygen atoms in total. The Bertz CT molecular complexity index is 605. The van der Waals surface area contributed by atoms with Crippen molar-refractivity contribution in [3.8, 4) is 0 Å². The zero-order valence-electron chi connectivity index (χ0n) is 13.9. The van der Waals surface area contributed by atoms with Crippen molar-refractivity contribution in [1.82, 2.24) is 10.6 Å². The van der Waals surface area contributed by atoms with Gasteiger partial charge in [0.05, 0.1) is 0 Å². The van der Waals surface area contributed by atoms with Crippen LogP contribution in [0, 0.1) is 11.2 Å². The molecule has 0 unspecified atom stereocenters. The van der Waals surface area contributed by atoms with Crippen LogP contribution in [-0.2, 0) is 16.1 Å². The number of carbonyl (C=O) groups excluding carboxylic acids is 2. The van der Waals surface area contributed by atoms with Gasteiger partial charge >= 0.3 is 0 Å². The van der Waals surface area contributed by atoms with Crippen LogP contribution < -0.4 is 10.6 Å². The van der Waals surface area contributed by atoms with Crippen molar-refractivity contribution in [3.05, 3.63) is 35.6 Å². The molecule has 1 aromatic rings. The molecule has 0 aliphatic heterocycles. The van der Waals surface area contributed by atoms with Gasteiger partial charge in [0.2, 0.25) is 11.8 Å². The highest BCUT2D eigenvalue weighted by atomic mass is 19.1. The summed E-state index contributed by atoms with van der Waals surface area (Å²) in [7, 11) is 0. The molecule has 0 saturated heterocycles. The largest absolute Gasteiger partial charge is 0.352 e. The molecule has 0 heterocycles. The van der Waals surface area contributed by atoms with Crippen LogP contribution in [0.3, 0.4) is 0 Å². The second-order valence-electron chi connectivity index (χ2n) is 7.02. The zero-order valence-corrected chi connectivity index (χ0v) is 13.9. The predicted octanol–water partition coefficient (Wildman–Crippen LogP) is 3.06. The summed E-state index contributed by atoms with van der Waals surface area (Å²) in [6, 6.07) is 6.55. The standard InChI is InChI=1S/C19H25FN2O2/c20-16-10-6-5-7-14(16)13-21-17(23)19(11-12-19)18(24)22-15-8-3-1-2-4-9-15/h5-7,10,15H,1-4,8-9,11-13H2,(H,21,23)(H,22,24). The van der Waals surface area contributed by atoms with Crippen molar-refractivity contribution in [2.45, 2.75) is 64.0 Å². The predicted molar refractivity (Wildman–Crippen MR) is 89.5 cm³/mol. The highest BCUT2D eigenvalue weighted by Gasteiger charge is 2.56. The summed E-state index contributed by atoms with van der Waals surface area (Å²) in [5.74, 6) is -0.775. The maximum absolute atomic E-state index is 13.6. The summed E-state index contributed by atoms with van der Waals surface area (Å²) >= 11 is 0. The smallest absolute Gasteiger partial charge is 0.235 e. The van der Waals surface area contributed by atoms with E-state index in [1.54, 1.807) is 18.2 Å². The van der Waals surface area contributed by atoms with Gasteiger partial charge in [0.1, 0.15) is 11.2 Å². The van der Waals surface area contributed by atoms with E-state index in [1.165, 1.54) is 18.9 Å². The van der Waals surface area contributed by atoms with Crippen LogP contribution in [0.25, 0.3) is 0 Å². The van der Waals surface area contributed by atoms with E-state index in [-0.39, 0.29) is 30.2 Å². The summed E-state index contributed by atoms with van der Waals surface area (Å²) < 4.78 is 13.6. The minimum atomic E-state index is -0.933. The molecule has 2 aliphatic carbocycles. The molecular formula is C19H25FN2O2. The van der Waals surface area contributed by atoms with Gasteiger partial charge < -0.3 is 10.6 Å². The van der Waals surface area contributed by atoms with Crippen molar-refractivity contribution < 1.29 is 14.0 Å². The van der Waals surface area contributed by atoms with Gasteiger partial charge in [-0.05, 0) is 31.7 Å². The lowest BCUT2D eigenvalue weighted by atomic mass is 10.0. The van der Waals surface area contributed by atoms with Crippen molar-refractivity contribution in [3.63, 3.8) is 0 Å². The summed E-state index contributed by atoms with van der Waals surface area (Å²) in [6.45, 7) is 0.115. The average molecular weight is 332 g/mol. The van der Waals surface area contributed by atoms with Crippen LogP contribution in [-0.4, -0.2) is 17.9 Å². The Hall–Kier alpha value is -1.91. The molecular weight excluding hydrogens is 307 g/mol.